The normalized spacial score (nSPS) is 13.3. The summed E-state index contributed by atoms with van der Waals surface area (Å²) in [6.45, 7) is 8.23. The molecule has 4 heteroatoms. The first-order valence-electron chi connectivity index (χ1n) is 12.6. The van der Waals surface area contributed by atoms with Gasteiger partial charge in [-0.2, -0.15) is 0 Å². The SMILES string of the molecule is CCCN(CCC)CCc1ccc(/C=C/c2ccc(CN3C(=O)c4ccccc4C3=O)cc2)cc1. The second-order valence-electron chi connectivity index (χ2n) is 9.15. The van der Waals surface area contributed by atoms with Crippen LogP contribution in [0.15, 0.2) is 72.8 Å². The van der Waals surface area contributed by atoms with Gasteiger partial charge in [-0.3, -0.25) is 14.5 Å². The molecule has 4 nitrogen and oxygen atoms in total. The lowest BCUT2D eigenvalue weighted by atomic mass is 10.1. The first kappa shape index (κ1) is 24.6. The van der Waals surface area contributed by atoms with E-state index in [1.807, 2.05) is 24.3 Å². The number of hydrogen-bond acceptors (Lipinski definition) is 3. The van der Waals surface area contributed by atoms with Crippen LogP contribution in [0.1, 0.15) is 69.7 Å². The predicted molar refractivity (Wildman–Crippen MR) is 143 cm³/mol. The Kier molecular flexibility index (Phi) is 8.27. The largest absolute Gasteiger partial charge is 0.303 e. The third-order valence-electron chi connectivity index (χ3n) is 6.44. The molecule has 1 aliphatic heterocycles. The van der Waals surface area contributed by atoms with Crippen LogP contribution < -0.4 is 0 Å². The summed E-state index contributed by atoms with van der Waals surface area (Å²) in [5.74, 6) is -0.442. The van der Waals surface area contributed by atoms with Gasteiger partial charge in [0.25, 0.3) is 11.8 Å². The molecule has 0 fully saturated rings. The molecule has 0 aromatic heterocycles. The Morgan fingerprint density at radius 1 is 0.657 bits per heavy atom. The van der Waals surface area contributed by atoms with Gasteiger partial charge in [0, 0.05) is 6.54 Å². The Morgan fingerprint density at radius 2 is 1.14 bits per heavy atom. The molecule has 0 saturated heterocycles. The maximum atomic E-state index is 12.6. The number of fused-ring (bicyclic) bond motifs is 1. The third-order valence-corrected chi connectivity index (χ3v) is 6.44. The van der Waals surface area contributed by atoms with Crippen LogP contribution in [0.25, 0.3) is 12.2 Å². The maximum Gasteiger partial charge on any atom is 0.261 e. The quantitative estimate of drug-likeness (QED) is 0.245. The van der Waals surface area contributed by atoms with Crippen LogP contribution in [0, 0.1) is 0 Å². The van der Waals surface area contributed by atoms with E-state index < -0.39 is 0 Å². The van der Waals surface area contributed by atoms with E-state index in [2.05, 4.69) is 55.2 Å². The van der Waals surface area contributed by atoms with Gasteiger partial charge in [0.15, 0.2) is 0 Å². The Hall–Kier alpha value is -3.50. The van der Waals surface area contributed by atoms with E-state index >= 15 is 0 Å². The average molecular weight is 467 g/mol. The number of hydrogen-bond donors (Lipinski definition) is 0. The smallest absolute Gasteiger partial charge is 0.261 e. The van der Waals surface area contributed by atoms with Crippen molar-refractivity contribution in [1.82, 2.24) is 9.80 Å². The Morgan fingerprint density at radius 3 is 1.63 bits per heavy atom. The molecule has 0 bridgehead atoms. The molecule has 0 spiro atoms. The zero-order chi connectivity index (χ0) is 24.6. The van der Waals surface area contributed by atoms with Gasteiger partial charge in [0.2, 0.25) is 0 Å². The van der Waals surface area contributed by atoms with Gasteiger partial charge in [0.1, 0.15) is 0 Å². The number of carbonyl (C=O) groups is 2. The van der Waals surface area contributed by atoms with E-state index in [9.17, 15) is 9.59 Å². The summed E-state index contributed by atoms with van der Waals surface area (Å²) in [4.78, 5) is 29.0. The number of rotatable bonds is 11. The number of carbonyl (C=O) groups excluding carboxylic acids is 2. The van der Waals surface area contributed by atoms with Crippen molar-refractivity contribution in [1.29, 1.82) is 0 Å². The van der Waals surface area contributed by atoms with E-state index in [1.54, 1.807) is 24.3 Å². The second kappa shape index (κ2) is 11.8. The summed E-state index contributed by atoms with van der Waals surface area (Å²) in [5.41, 5.74) is 5.53. The molecule has 0 aliphatic carbocycles. The van der Waals surface area contributed by atoms with Crippen molar-refractivity contribution in [2.75, 3.05) is 19.6 Å². The first-order valence-corrected chi connectivity index (χ1v) is 12.6. The highest BCUT2D eigenvalue weighted by atomic mass is 16.2. The van der Waals surface area contributed by atoms with Crippen LogP contribution in [0.5, 0.6) is 0 Å². The van der Waals surface area contributed by atoms with E-state index in [0.29, 0.717) is 11.1 Å². The number of imide groups is 1. The summed E-state index contributed by atoms with van der Waals surface area (Å²) >= 11 is 0. The van der Waals surface area contributed by atoms with Gasteiger partial charge in [-0.25, -0.2) is 0 Å². The molecule has 2 amide bonds. The van der Waals surface area contributed by atoms with Crippen LogP contribution in [0.3, 0.4) is 0 Å². The molecule has 4 rings (SSSR count). The number of amides is 2. The fourth-order valence-electron chi connectivity index (χ4n) is 4.54. The lowest BCUT2D eigenvalue weighted by Gasteiger charge is -2.20. The first-order chi connectivity index (χ1) is 17.1. The van der Waals surface area contributed by atoms with Crippen molar-refractivity contribution < 1.29 is 9.59 Å². The van der Waals surface area contributed by atoms with E-state index in [-0.39, 0.29) is 18.4 Å². The summed E-state index contributed by atoms with van der Waals surface area (Å²) in [7, 11) is 0. The van der Waals surface area contributed by atoms with Gasteiger partial charge in [-0.1, -0.05) is 86.7 Å². The summed E-state index contributed by atoms with van der Waals surface area (Å²) in [6, 6.07) is 23.8. The molecule has 180 valence electrons. The molecule has 0 atom stereocenters. The van der Waals surface area contributed by atoms with E-state index in [1.165, 1.54) is 42.0 Å². The molecule has 0 N–H and O–H groups in total. The highest BCUT2D eigenvalue weighted by molar-refractivity contribution is 6.21. The van der Waals surface area contributed by atoms with Crippen molar-refractivity contribution in [3.8, 4) is 0 Å². The highest BCUT2D eigenvalue weighted by Crippen LogP contribution is 2.24. The molecule has 0 saturated carbocycles. The fraction of sp³-hybridized carbons (Fsp3) is 0.290. The van der Waals surface area contributed by atoms with Crippen LogP contribution in [-0.4, -0.2) is 41.2 Å². The van der Waals surface area contributed by atoms with Gasteiger partial charge >= 0.3 is 0 Å². The minimum absolute atomic E-state index is 0.221. The minimum atomic E-state index is -0.221. The van der Waals surface area contributed by atoms with Crippen molar-refractivity contribution in [3.05, 3.63) is 106 Å². The number of nitrogens with zero attached hydrogens (tertiary/aromatic N) is 2. The van der Waals surface area contributed by atoms with Crippen molar-refractivity contribution in [2.24, 2.45) is 0 Å². The van der Waals surface area contributed by atoms with Gasteiger partial charge in [-0.15, -0.1) is 0 Å². The average Bonchev–Trinajstić information content (AvgIpc) is 3.13. The zero-order valence-corrected chi connectivity index (χ0v) is 20.7. The summed E-state index contributed by atoms with van der Waals surface area (Å²) in [6.07, 6.45) is 7.69. The molecule has 0 unspecified atom stereocenters. The predicted octanol–water partition coefficient (Wildman–Crippen LogP) is 6.32. The second-order valence-corrected chi connectivity index (χ2v) is 9.15. The van der Waals surface area contributed by atoms with Gasteiger partial charge in [-0.05, 0) is 66.7 Å². The van der Waals surface area contributed by atoms with Gasteiger partial charge < -0.3 is 4.90 Å². The molecule has 35 heavy (non-hydrogen) atoms. The highest BCUT2D eigenvalue weighted by Gasteiger charge is 2.34. The van der Waals surface area contributed by atoms with Crippen LogP contribution in [0.2, 0.25) is 0 Å². The Bertz CT molecular complexity index is 1140. The Labute approximate surface area is 208 Å². The summed E-state index contributed by atoms with van der Waals surface area (Å²) in [5, 5.41) is 0. The van der Waals surface area contributed by atoms with Crippen molar-refractivity contribution >= 4 is 24.0 Å². The van der Waals surface area contributed by atoms with Crippen molar-refractivity contribution in [2.45, 2.75) is 39.7 Å². The van der Waals surface area contributed by atoms with E-state index in [4.69, 9.17) is 0 Å². The Balaban J connectivity index is 1.32. The van der Waals surface area contributed by atoms with Crippen molar-refractivity contribution in [3.63, 3.8) is 0 Å². The lowest BCUT2D eigenvalue weighted by Crippen LogP contribution is -2.29. The number of benzene rings is 3. The molecule has 1 heterocycles. The third kappa shape index (κ3) is 6.14. The monoisotopic (exact) mass is 466 g/mol. The van der Waals surface area contributed by atoms with Crippen LogP contribution >= 0.6 is 0 Å². The molecular formula is C31H34N2O2. The molecule has 3 aromatic rings. The molecule has 3 aromatic carbocycles. The zero-order valence-electron chi connectivity index (χ0n) is 20.7. The van der Waals surface area contributed by atoms with Gasteiger partial charge in [0.05, 0.1) is 17.7 Å². The topological polar surface area (TPSA) is 40.6 Å². The minimum Gasteiger partial charge on any atom is -0.303 e. The maximum absolute atomic E-state index is 12.6. The van der Waals surface area contributed by atoms with Crippen LogP contribution in [0.4, 0.5) is 0 Å². The lowest BCUT2D eigenvalue weighted by molar-refractivity contribution is 0.0642. The summed E-state index contributed by atoms with van der Waals surface area (Å²) < 4.78 is 0. The fourth-order valence-corrected chi connectivity index (χ4v) is 4.54. The van der Waals surface area contributed by atoms with E-state index in [0.717, 1.165) is 24.1 Å². The molecule has 1 aliphatic rings. The molecular weight excluding hydrogens is 432 g/mol. The van der Waals surface area contributed by atoms with Crippen LogP contribution in [-0.2, 0) is 13.0 Å². The molecule has 0 radical (unpaired) electrons. The standard InChI is InChI=1S/C31H34N2O2/c1-3-20-32(21-4-2)22-19-26-13-11-24(12-14-26)9-10-25-15-17-27(18-16-25)23-33-30(34)28-7-5-6-8-29(28)31(33)35/h5-18H,3-4,19-23H2,1-2H3/b10-9+.